The van der Waals surface area contributed by atoms with E-state index >= 15 is 0 Å². The average molecular weight is 583 g/mol. The quantitative estimate of drug-likeness (QED) is 0.175. The highest BCUT2D eigenvalue weighted by atomic mass is 15.0. The highest BCUT2D eigenvalue weighted by molar-refractivity contribution is 6.23. The van der Waals surface area contributed by atoms with Gasteiger partial charge in [-0.3, -0.25) is 0 Å². The van der Waals surface area contributed by atoms with Gasteiger partial charge in [0, 0.05) is 55.3 Å². The van der Waals surface area contributed by atoms with E-state index in [2.05, 4.69) is 61.9 Å². The van der Waals surface area contributed by atoms with E-state index in [1.165, 1.54) is 0 Å². The molecule has 0 aliphatic heterocycles. The Kier molecular flexibility index (Phi) is 6.67. The first-order valence-electron chi connectivity index (χ1n) is 14.6. The summed E-state index contributed by atoms with van der Waals surface area (Å²) in [5, 5.41) is 1.70. The zero-order valence-corrected chi connectivity index (χ0v) is 25.0. The van der Waals surface area contributed by atoms with E-state index in [-0.39, 0.29) is 0 Å². The lowest BCUT2D eigenvalue weighted by Crippen LogP contribution is -1.88. The molecule has 2 aliphatic carbocycles. The standard InChI is InChI=1S/C39H30N6/c1-7-12-17-25-22(6)36-40-33-26(18-13-8-2)23(10-4)32-30(33)31-34(27-20-15-16-21-28(27)35(31)43-38(25)44-36)42-37-24(11-5)29(19-14-9-3)39(41-32)45-37/h7-21H,1-5H2,6H3,(H,40,43,44)(H,41,42,45)/b17-12-,18-13-,19-14-. The van der Waals surface area contributed by atoms with Crippen LogP contribution in [-0.4, -0.2) is 29.9 Å². The lowest BCUT2D eigenvalue weighted by Gasteiger charge is -2.01. The summed E-state index contributed by atoms with van der Waals surface area (Å²) < 4.78 is 0. The largest absolute Gasteiger partial charge is 0.324 e. The van der Waals surface area contributed by atoms with E-state index in [0.29, 0.717) is 22.6 Å². The number of nitrogens with zero attached hydrogens (tertiary/aromatic N) is 4. The molecule has 4 bridgehead atoms. The predicted octanol–water partition coefficient (Wildman–Crippen LogP) is 9.66. The van der Waals surface area contributed by atoms with Crippen LogP contribution in [0.25, 0.3) is 85.3 Å². The molecule has 0 spiro atoms. The highest BCUT2D eigenvalue weighted by Crippen LogP contribution is 2.49. The first-order valence-corrected chi connectivity index (χ1v) is 14.6. The minimum atomic E-state index is 0.652. The second kappa shape index (κ2) is 10.8. The first-order chi connectivity index (χ1) is 22.0. The minimum Gasteiger partial charge on any atom is -0.324 e. The molecular formula is C39H30N6. The summed E-state index contributed by atoms with van der Waals surface area (Å²) in [4.78, 5) is 28.3. The number of hydrogen-bond acceptors (Lipinski definition) is 4. The SMILES string of the molecule is C=C/C=C\C1=C(C=C)c2nc3[nH]c(nc4c5c(nc6[nH]c(nc1c25)c(C)c6/C=C\C=C)-c1ccccc1-4)c(C=C)c3/C=C\C=C. The van der Waals surface area contributed by atoms with Crippen molar-refractivity contribution in [2.24, 2.45) is 0 Å². The van der Waals surface area contributed by atoms with Gasteiger partial charge in [0.1, 0.15) is 22.6 Å². The first kappa shape index (κ1) is 27.7. The Hall–Kier alpha value is -6.14. The highest BCUT2D eigenvalue weighted by Gasteiger charge is 2.31. The van der Waals surface area contributed by atoms with Crippen LogP contribution in [0.1, 0.15) is 33.6 Å². The summed E-state index contributed by atoms with van der Waals surface area (Å²) in [5.74, 6) is 0. The van der Waals surface area contributed by atoms with Crippen LogP contribution in [0, 0.1) is 6.92 Å². The zero-order valence-electron chi connectivity index (χ0n) is 25.0. The number of fused-ring (bicyclic) bond motifs is 7. The maximum absolute atomic E-state index is 5.34. The zero-order chi connectivity index (χ0) is 31.2. The number of allylic oxidation sites excluding steroid dienone is 10. The van der Waals surface area contributed by atoms with E-state index in [0.717, 1.165) is 78.1 Å². The maximum Gasteiger partial charge on any atom is 0.140 e. The van der Waals surface area contributed by atoms with Crippen molar-refractivity contribution in [2.45, 2.75) is 6.92 Å². The molecule has 4 aromatic heterocycles. The van der Waals surface area contributed by atoms with Crippen LogP contribution >= 0.6 is 0 Å². The van der Waals surface area contributed by atoms with Crippen LogP contribution in [0.3, 0.4) is 0 Å². The molecule has 5 aromatic rings. The lowest BCUT2D eigenvalue weighted by atomic mass is 10.1. The molecule has 0 radical (unpaired) electrons. The van der Waals surface area contributed by atoms with Crippen molar-refractivity contribution in [1.82, 2.24) is 29.9 Å². The van der Waals surface area contributed by atoms with Gasteiger partial charge >= 0.3 is 0 Å². The van der Waals surface area contributed by atoms with Crippen molar-refractivity contribution in [3.8, 4) is 22.5 Å². The summed E-state index contributed by atoms with van der Waals surface area (Å²) in [5.41, 5.74) is 13.1. The molecule has 0 amide bonds. The van der Waals surface area contributed by atoms with Gasteiger partial charge in [0.15, 0.2) is 0 Å². The monoisotopic (exact) mass is 582 g/mol. The van der Waals surface area contributed by atoms with E-state index in [4.69, 9.17) is 19.9 Å². The Labute approximate surface area is 261 Å². The minimum absolute atomic E-state index is 0.652. The molecule has 6 nitrogen and oxygen atoms in total. The van der Waals surface area contributed by atoms with Gasteiger partial charge in [-0.15, -0.1) is 0 Å². The predicted molar refractivity (Wildman–Crippen MR) is 191 cm³/mol. The van der Waals surface area contributed by atoms with Crippen LogP contribution < -0.4 is 0 Å². The third kappa shape index (κ3) is 4.11. The molecule has 0 saturated carbocycles. The number of aryl methyl sites for hydroxylation is 1. The smallest absolute Gasteiger partial charge is 0.140 e. The van der Waals surface area contributed by atoms with Crippen molar-refractivity contribution < 1.29 is 0 Å². The molecule has 0 atom stereocenters. The third-order valence-electron chi connectivity index (χ3n) is 8.22. The summed E-state index contributed by atoms with van der Waals surface area (Å²) in [7, 11) is 0. The van der Waals surface area contributed by atoms with Gasteiger partial charge in [-0.2, -0.15) is 0 Å². The number of H-pyrrole nitrogens is 2. The second-order valence-electron chi connectivity index (χ2n) is 10.7. The topological polar surface area (TPSA) is 83.1 Å². The summed E-state index contributed by atoms with van der Waals surface area (Å²) >= 11 is 0. The second-order valence-corrected chi connectivity index (χ2v) is 10.7. The molecule has 6 heteroatoms. The molecule has 2 aliphatic rings. The van der Waals surface area contributed by atoms with Gasteiger partial charge in [0.2, 0.25) is 0 Å². The molecule has 2 N–H and O–H groups in total. The van der Waals surface area contributed by atoms with Gasteiger partial charge in [0.25, 0.3) is 0 Å². The number of rotatable bonds is 8. The van der Waals surface area contributed by atoms with Crippen LogP contribution in [0.2, 0.25) is 0 Å². The Balaban J connectivity index is 1.85. The van der Waals surface area contributed by atoms with Crippen LogP contribution in [-0.2, 0) is 0 Å². The van der Waals surface area contributed by atoms with Crippen molar-refractivity contribution in [1.29, 1.82) is 0 Å². The third-order valence-corrected chi connectivity index (χ3v) is 8.22. The molecule has 7 rings (SSSR count). The average Bonchev–Trinajstić information content (AvgIpc) is 3.74. The van der Waals surface area contributed by atoms with Gasteiger partial charge < -0.3 is 9.97 Å². The molecule has 45 heavy (non-hydrogen) atoms. The molecule has 4 heterocycles. The fourth-order valence-corrected chi connectivity index (χ4v) is 6.20. The molecule has 216 valence electrons. The Morgan fingerprint density at radius 2 is 1.02 bits per heavy atom. The van der Waals surface area contributed by atoms with Gasteiger partial charge in [0.05, 0.1) is 22.8 Å². The van der Waals surface area contributed by atoms with Crippen LogP contribution in [0.4, 0.5) is 0 Å². The Morgan fingerprint density at radius 3 is 1.64 bits per heavy atom. The van der Waals surface area contributed by atoms with Crippen molar-refractivity contribution in [2.75, 3.05) is 0 Å². The molecule has 0 unspecified atom stereocenters. The summed E-state index contributed by atoms with van der Waals surface area (Å²) in [6.45, 7) is 22.1. The van der Waals surface area contributed by atoms with Crippen LogP contribution in [0.5, 0.6) is 0 Å². The van der Waals surface area contributed by atoms with Crippen LogP contribution in [0.15, 0.2) is 106 Å². The molecule has 0 saturated heterocycles. The van der Waals surface area contributed by atoms with Gasteiger partial charge in [-0.25, -0.2) is 19.9 Å². The lowest BCUT2D eigenvalue weighted by molar-refractivity contribution is 1.29. The Bertz CT molecular complexity index is 2370. The summed E-state index contributed by atoms with van der Waals surface area (Å²) in [6.07, 6.45) is 20.6. The van der Waals surface area contributed by atoms with Crippen molar-refractivity contribution in [3.05, 3.63) is 139 Å². The Morgan fingerprint density at radius 1 is 0.533 bits per heavy atom. The van der Waals surface area contributed by atoms with Gasteiger partial charge in [-0.05, 0) is 6.92 Å². The number of benzene rings is 1. The molecule has 1 aromatic carbocycles. The fourth-order valence-electron chi connectivity index (χ4n) is 6.20. The number of hydrogen-bond donors (Lipinski definition) is 2. The summed E-state index contributed by atoms with van der Waals surface area (Å²) in [6, 6.07) is 8.23. The number of aromatic amines is 2. The van der Waals surface area contributed by atoms with Gasteiger partial charge in [-0.1, -0.05) is 124 Å². The maximum atomic E-state index is 5.34. The van der Waals surface area contributed by atoms with Crippen molar-refractivity contribution >= 4 is 62.7 Å². The van der Waals surface area contributed by atoms with Crippen molar-refractivity contribution in [3.63, 3.8) is 0 Å². The normalized spacial score (nSPS) is 13.1. The number of nitrogens with one attached hydrogen (secondary N) is 2. The number of aromatic nitrogens is 6. The fraction of sp³-hybridized carbons (Fsp3) is 0.0256. The molecule has 0 fully saturated rings. The van der Waals surface area contributed by atoms with E-state index < -0.39 is 0 Å². The molecular weight excluding hydrogens is 552 g/mol. The van der Waals surface area contributed by atoms with E-state index in [9.17, 15) is 0 Å². The van der Waals surface area contributed by atoms with E-state index in [1.807, 2.05) is 60.7 Å². The van der Waals surface area contributed by atoms with E-state index in [1.54, 1.807) is 18.2 Å².